The molecule has 4 heteroatoms. The van der Waals surface area contributed by atoms with E-state index in [4.69, 9.17) is 11.6 Å². The number of aromatic nitrogens is 1. The molecule has 3 nitrogen and oxygen atoms in total. The Balaban J connectivity index is 2.14. The van der Waals surface area contributed by atoms with Crippen LogP contribution in [0.1, 0.15) is 18.9 Å². The molecule has 0 radical (unpaired) electrons. The quantitative estimate of drug-likeness (QED) is 0.667. The van der Waals surface area contributed by atoms with E-state index in [0.717, 1.165) is 17.7 Å². The first kappa shape index (κ1) is 12.6. The Morgan fingerprint density at radius 3 is 2.61 bits per heavy atom. The fourth-order valence-corrected chi connectivity index (χ4v) is 1.66. The van der Waals surface area contributed by atoms with Crippen molar-refractivity contribution >= 4 is 23.1 Å². The second-order valence-electron chi connectivity index (χ2n) is 3.75. The van der Waals surface area contributed by atoms with Crippen LogP contribution in [0, 0.1) is 0 Å². The van der Waals surface area contributed by atoms with Crippen molar-refractivity contribution in [2.75, 3.05) is 5.43 Å². The van der Waals surface area contributed by atoms with Crippen LogP contribution in [0.3, 0.4) is 0 Å². The molecule has 0 aliphatic heterocycles. The van der Waals surface area contributed by atoms with E-state index in [0.29, 0.717) is 10.8 Å². The monoisotopic (exact) mass is 259 g/mol. The molecule has 0 spiro atoms. The molecule has 1 heterocycles. The van der Waals surface area contributed by atoms with Crippen LogP contribution in [0.25, 0.3) is 0 Å². The number of nitrogens with zero attached hydrogens (tertiary/aromatic N) is 2. The SMILES string of the molecule is CCC(=NNc1ccc(Cl)cn1)c1ccccc1. The minimum absolute atomic E-state index is 0.614. The van der Waals surface area contributed by atoms with Crippen molar-refractivity contribution in [2.24, 2.45) is 5.10 Å². The van der Waals surface area contributed by atoms with Crippen molar-refractivity contribution < 1.29 is 0 Å². The summed E-state index contributed by atoms with van der Waals surface area (Å²) >= 11 is 5.77. The molecule has 0 saturated heterocycles. The van der Waals surface area contributed by atoms with Gasteiger partial charge in [-0.3, -0.25) is 5.43 Å². The van der Waals surface area contributed by atoms with E-state index in [1.165, 1.54) is 0 Å². The van der Waals surface area contributed by atoms with E-state index < -0.39 is 0 Å². The number of pyridine rings is 1. The number of hydrogen-bond acceptors (Lipinski definition) is 3. The van der Waals surface area contributed by atoms with Crippen LogP contribution in [0.15, 0.2) is 53.8 Å². The number of halogens is 1. The first-order valence-electron chi connectivity index (χ1n) is 5.79. The lowest BCUT2D eigenvalue weighted by Gasteiger charge is -2.05. The zero-order valence-electron chi connectivity index (χ0n) is 10.1. The summed E-state index contributed by atoms with van der Waals surface area (Å²) in [7, 11) is 0. The molecule has 0 fully saturated rings. The van der Waals surface area contributed by atoms with E-state index in [-0.39, 0.29) is 0 Å². The molecule has 0 saturated carbocycles. The van der Waals surface area contributed by atoms with Crippen LogP contribution < -0.4 is 5.43 Å². The van der Waals surface area contributed by atoms with Gasteiger partial charge in [0.05, 0.1) is 10.7 Å². The topological polar surface area (TPSA) is 37.3 Å². The summed E-state index contributed by atoms with van der Waals surface area (Å²) in [5.41, 5.74) is 5.04. The molecule has 0 aliphatic carbocycles. The summed E-state index contributed by atoms with van der Waals surface area (Å²) in [6.45, 7) is 2.07. The summed E-state index contributed by atoms with van der Waals surface area (Å²) in [6.07, 6.45) is 2.44. The van der Waals surface area contributed by atoms with E-state index in [9.17, 15) is 0 Å². The average Bonchev–Trinajstić information content (AvgIpc) is 2.43. The fourth-order valence-electron chi connectivity index (χ4n) is 1.54. The second kappa shape index (κ2) is 6.17. The molecule has 0 amide bonds. The van der Waals surface area contributed by atoms with Gasteiger partial charge in [0.2, 0.25) is 0 Å². The largest absolute Gasteiger partial charge is 0.261 e. The van der Waals surface area contributed by atoms with Crippen LogP contribution in [-0.4, -0.2) is 10.7 Å². The van der Waals surface area contributed by atoms with E-state index in [2.05, 4.69) is 22.4 Å². The Kier molecular flexibility index (Phi) is 4.31. The molecule has 18 heavy (non-hydrogen) atoms. The summed E-state index contributed by atoms with van der Waals surface area (Å²) in [5, 5.41) is 4.99. The molecule has 0 atom stereocenters. The van der Waals surface area contributed by atoms with Gasteiger partial charge in [0.1, 0.15) is 5.82 Å². The highest BCUT2D eigenvalue weighted by molar-refractivity contribution is 6.30. The Morgan fingerprint density at radius 1 is 1.22 bits per heavy atom. The Labute approximate surface area is 112 Å². The third-order valence-electron chi connectivity index (χ3n) is 2.47. The first-order valence-corrected chi connectivity index (χ1v) is 6.17. The van der Waals surface area contributed by atoms with Gasteiger partial charge in [0.25, 0.3) is 0 Å². The molecule has 92 valence electrons. The molecule has 1 aromatic carbocycles. The predicted molar refractivity (Wildman–Crippen MR) is 76.1 cm³/mol. The first-order chi connectivity index (χ1) is 8.79. The molecule has 2 rings (SSSR count). The number of hydrazone groups is 1. The lowest BCUT2D eigenvalue weighted by Crippen LogP contribution is -2.03. The smallest absolute Gasteiger partial charge is 0.146 e. The van der Waals surface area contributed by atoms with Gasteiger partial charge >= 0.3 is 0 Å². The highest BCUT2D eigenvalue weighted by atomic mass is 35.5. The Morgan fingerprint density at radius 2 is 2.00 bits per heavy atom. The van der Waals surface area contributed by atoms with E-state index in [1.54, 1.807) is 18.3 Å². The Bertz CT molecular complexity index is 520. The third kappa shape index (κ3) is 3.31. The van der Waals surface area contributed by atoms with Gasteiger partial charge in [0.15, 0.2) is 0 Å². The summed E-state index contributed by atoms with van der Waals surface area (Å²) in [4.78, 5) is 4.13. The number of rotatable bonds is 4. The molecule has 0 aliphatic rings. The highest BCUT2D eigenvalue weighted by Gasteiger charge is 2.00. The summed E-state index contributed by atoms with van der Waals surface area (Å²) < 4.78 is 0. The summed E-state index contributed by atoms with van der Waals surface area (Å²) in [6, 6.07) is 13.6. The van der Waals surface area contributed by atoms with Crippen LogP contribution in [0.2, 0.25) is 5.02 Å². The average molecular weight is 260 g/mol. The molecule has 1 aromatic heterocycles. The molecule has 0 bridgehead atoms. The fraction of sp³-hybridized carbons (Fsp3) is 0.143. The second-order valence-corrected chi connectivity index (χ2v) is 4.19. The molecular formula is C14H14ClN3. The van der Waals surface area contributed by atoms with Crippen molar-refractivity contribution in [1.29, 1.82) is 0 Å². The van der Waals surface area contributed by atoms with E-state index in [1.807, 2.05) is 30.3 Å². The van der Waals surface area contributed by atoms with Gasteiger partial charge in [-0.15, -0.1) is 0 Å². The zero-order valence-corrected chi connectivity index (χ0v) is 10.9. The van der Waals surface area contributed by atoms with E-state index >= 15 is 0 Å². The minimum Gasteiger partial charge on any atom is -0.261 e. The van der Waals surface area contributed by atoms with Crippen LogP contribution in [0.5, 0.6) is 0 Å². The maximum atomic E-state index is 5.77. The van der Waals surface area contributed by atoms with Crippen molar-refractivity contribution in [1.82, 2.24) is 4.98 Å². The number of benzene rings is 1. The molecule has 0 unspecified atom stereocenters. The number of nitrogens with one attached hydrogen (secondary N) is 1. The standard InChI is InChI=1S/C14H14ClN3/c1-2-13(11-6-4-3-5-7-11)17-18-14-9-8-12(15)10-16-14/h3-10H,2H2,1H3,(H,16,18). The van der Waals surface area contributed by atoms with Crippen LogP contribution in [-0.2, 0) is 0 Å². The maximum absolute atomic E-state index is 5.77. The van der Waals surface area contributed by atoms with Crippen LogP contribution in [0.4, 0.5) is 5.82 Å². The zero-order chi connectivity index (χ0) is 12.8. The highest BCUT2D eigenvalue weighted by Crippen LogP contribution is 2.10. The van der Waals surface area contributed by atoms with Crippen molar-refractivity contribution in [3.8, 4) is 0 Å². The maximum Gasteiger partial charge on any atom is 0.146 e. The van der Waals surface area contributed by atoms with Crippen LogP contribution >= 0.6 is 11.6 Å². The number of anilines is 1. The summed E-state index contributed by atoms with van der Waals surface area (Å²) in [5.74, 6) is 0.682. The van der Waals surface area contributed by atoms with Gasteiger partial charge in [-0.25, -0.2) is 4.98 Å². The van der Waals surface area contributed by atoms with Gasteiger partial charge < -0.3 is 0 Å². The molecule has 1 N–H and O–H groups in total. The van der Waals surface area contributed by atoms with Gasteiger partial charge in [-0.05, 0) is 24.1 Å². The van der Waals surface area contributed by atoms with Gasteiger partial charge in [-0.2, -0.15) is 5.10 Å². The van der Waals surface area contributed by atoms with Crippen molar-refractivity contribution in [3.05, 3.63) is 59.2 Å². The minimum atomic E-state index is 0.614. The Hall–Kier alpha value is -1.87. The lowest BCUT2D eigenvalue weighted by atomic mass is 10.1. The van der Waals surface area contributed by atoms with Crippen molar-refractivity contribution in [3.63, 3.8) is 0 Å². The normalized spacial score (nSPS) is 11.3. The third-order valence-corrected chi connectivity index (χ3v) is 2.70. The predicted octanol–water partition coefficient (Wildman–Crippen LogP) is 3.96. The van der Waals surface area contributed by atoms with Gasteiger partial charge in [0, 0.05) is 6.20 Å². The molecular weight excluding hydrogens is 246 g/mol. The van der Waals surface area contributed by atoms with Gasteiger partial charge in [-0.1, -0.05) is 48.9 Å². The van der Waals surface area contributed by atoms with Crippen molar-refractivity contribution in [2.45, 2.75) is 13.3 Å². The number of hydrogen-bond donors (Lipinski definition) is 1. The lowest BCUT2D eigenvalue weighted by molar-refractivity contribution is 1.18. The molecule has 2 aromatic rings.